The molecule has 5 heteroatoms. The Morgan fingerprint density at radius 1 is 1.21 bits per heavy atom. The lowest BCUT2D eigenvalue weighted by Gasteiger charge is -2.13. The van der Waals surface area contributed by atoms with E-state index in [1.807, 2.05) is 12.3 Å². The molecule has 0 aliphatic heterocycles. The van der Waals surface area contributed by atoms with Crippen LogP contribution in [0.2, 0.25) is 0 Å². The van der Waals surface area contributed by atoms with E-state index in [-0.39, 0.29) is 0 Å². The van der Waals surface area contributed by atoms with Gasteiger partial charge in [0, 0.05) is 11.8 Å². The van der Waals surface area contributed by atoms with E-state index >= 15 is 0 Å². The molecule has 3 N–H and O–H groups in total. The second-order valence-corrected chi connectivity index (χ2v) is 6.42. The van der Waals surface area contributed by atoms with Gasteiger partial charge in [0.2, 0.25) is 0 Å². The third kappa shape index (κ3) is 3.50. The van der Waals surface area contributed by atoms with E-state index in [0.717, 1.165) is 41.8 Å². The summed E-state index contributed by atoms with van der Waals surface area (Å²) in [5.74, 6) is 2.01. The maximum atomic E-state index is 5.95. The minimum atomic E-state index is 0.387. The van der Waals surface area contributed by atoms with Crippen LogP contribution in [0.25, 0.3) is 22.3 Å². The van der Waals surface area contributed by atoms with Crippen molar-refractivity contribution in [2.24, 2.45) is 5.92 Å². The average molecular weight is 324 g/mol. The van der Waals surface area contributed by atoms with Crippen molar-refractivity contribution < 1.29 is 4.74 Å². The van der Waals surface area contributed by atoms with Gasteiger partial charge in [-0.05, 0) is 48.1 Å². The van der Waals surface area contributed by atoms with Gasteiger partial charge >= 0.3 is 0 Å². The van der Waals surface area contributed by atoms with E-state index < -0.39 is 0 Å². The van der Waals surface area contributed by atoms with Crippen LogP contribution in [0.1, 0.15) is 32.8 Å². The fourth-order valence-corrected chi connectivity index (χ4v) is 2.66. The van der Waals surface area contributed by atoms with Crippen molar-refractivity contribution in [3.05, 3.63) is 36.0 Å². The van der Waals surface area contributed by atoms with Crippen LogP contribution in [0.5, 0.6) is 5.75 Å². The van der Waals surface area contributed by atoms with Crippen LogP contribution in [-0.4, -0.2) is 21.6 Å². The minimum absolute atomic E-state index is 0.387. The van der Waals surface area contributed by atoms with Gasteiger partial charge in [-0.15, -0.1) is 0 Å². The van der Waals surface area contributed by atoms with Gasteiger partial charge in [-0.2, -0.15) is 4.98 Å². The maximum absolute atomic E-state index is 5.95. The summed E-state index contributed by atoms with van der Waals surface area (Å²) < 4.78 is 5.95. The minimum Gasteiger partial charge on any atom is -0.493 e. The largest absolute Gasteiger partial charge is 0.493 e. The number of aryl methyl sites for hydroxylation is 1. The van der Waals surface area contributed by atoms with Crippen LogP contribution in [0.3, 0.4) is 0 Å². The number of imidazole rings is 1. The fourth-order valence-electron chi connectivity index (χ4n) is 2.66. The van der Waals surface area contributed by atoms with Crippen molar-refractivity contribution in [1.29, 1.82) is 0 Å². The van der Waals surface area contributed by atoms with Crippen LogP contribution < -0.4 is 10.5 Å². The van der Waals surface area contributed by atoms with Crippen LogP contribution in [0, 0.1) is 5.92 Å². The Labute approximate surface area is 142 Å². The molecule has 0 bridgehead atoms. The molecule has 5 nitrogen and oxygen atoms in total. The van der Waals surface area contributed by atoms with E-state index in [1.165, 1.54) is 5.56 Å². The molecule has 0 saturated carbocycles. The van der Waals surface area contributed by atoms with Crippen LogP contribution in [0.15, 0.2) is 30.5 Å². The zero-order chi connectivity index (χ0) is 17.1. The van der Waals surface area contributed by atoms with E-state index in [9.17, 15) is 0 Å². The molecule has 0 radical (unpaired) electrons. The van der Waals surface area contributed by atoms with Crippen LogP contribution >= 0.6 is 0 Å². The van der Waals surface area contributed by atoms with Crippen molar-refractivity contribution in [3.63, 3.8) is 0 Å². The highest BCUT2D eigenvalue weighted by molar-refractivity contribution is 5.79. The van der Waals surface area contributed by atoms with Crippen molar-refractivity contribution in [1.82, 2.24) is 15.0 Å². The average Bonchev–Trinajstić information content (AvgIpc) is 2.93. The van der Waals surface area contributed by atoms with Gasteiger partial charge < -0.3 is 15.5 Å². The molecule has 0 aliphatic carbocycles. The molecular weight excluding hydrogens is 300 g/mol. The predicted octanol–water partition coefficient (Wildman–Crippen LogP) is 4.19. The number of aromatic nitrogens is 3. The number of nitrogen functional groups attached to an aromatic ring is 1. The molecule has 0 unspecified atom stereocenters. The van der Waals surface area contributed by atoms with Crippen LogP contribution in [-0.2, 0) is 6.42 Å². The quantitative estimate of drug-likeness (QED) is 0.712. The van der Waals surface area contributed by atoms with Crippen molar-refractivity contribution >= 4 is 17.1 Å². The lowest BCUT2D eigenvalue weighted by Crippen LogP contribution is -2.03. The third-order valence-corrected chi connectivity index (χ3v) is 4.08. The number of pyridine rings is 1. The Hall–Kier alpha value is -2.56. The highest BCUT2D eigenvalue weighted by atomic mass is 16.5. The zero-order valence-electron chi connectivity index (χ0n) is 14.5. The number of nitrogens with two attached hydrogens (primary N) is 1. The second-order valence-electron chi connectivity index (χ2n) is 6.42. The number of nitrogens with zero attached hydrogens (tertiary/aromatic N) is 2. The van der Waals surface area contributed by atoms with Gasteiger partial charge in [-0.1, -0.05) is 26.8 Å². The summed E-state index contributed by atoms with van der Waals surface area (Å²) in [6.45, 7) is 7.31. The normalized spacial score (nSPS) is 11.3. The number of benzene rings is 1. The maximum Gasteiger partial charge on any atom is 0.200 e. The lowest BCUT2D eigenvalue weighted by atomic mass is 10.0. The van der Waals surface area contributed by atoms with Crippen molar-refractivity contribution in [2.75, 3.05) is 12.3 Å². The Bertz CT molecular complexity index is 838. The number of H-pyrrole nitrogens is 1. The van der Waals surface area contributed by atoms with E-state index in [0.29, 0.717) is 17.5 Å². The number of hydrogen-bond acceptors (Lipinski definition) is 4. The first-order valence-electron chi connectivity index (χ1n) is 8.44. The fraction of sp³-hybridized carbons (Fsp3) is 0.368. The molecule has 126 valence electrons. The van der Waals surface area contributed by atoms with Crippen molar-refractivity contribution in [2.45, 2.75) is 33.6 Å². The summed E-state index contributed by atoms with van der Waals surface area (Å²) in [7, 11) is 0. The zero-order valence-corrected chi connectivity index (χ0v) is 14.5. The van der Waals surface area contributed by atoms with Gasteiger partial charge in [-0.25, -0.2) is 4.98 Å². The first kappa shape index (κ1) is 16.3. The summed E-state index contributed by atoms with van der Waals surface area (Å²) in [5.41, 5.74) is 10.5. The molecule has 0 aliphatic rings. The Kier molecular flexibility index (Phi) is 4.69. The highest BCUT2D eigenvalue weighted by Gasteiger charge is 2.08. The first-order chi connectivity index (χ1) is 11.6. The highest BCUT2D eigenvalue weighted by Crippen LogP contribution is 2.28. The first-order valence-corrected chi connectivity index (χ1v) is 8.44. The summed E-state index contributed by atoms with van der Waals surface area (Å²) in [6.07, 6.45) is 3.82. The molecule has 2 aromatic heterocycles. The summed E-state index contributed by atoms with van der Waals surface area (Å²) >= 11 is 0. The SMILES string of the molecule is CCc1cc(-c2cnc3nc(N)[nH]c3c2)ccc1OCCC(C)C. The molecule has 24 heavy (non-hydrogen) atoms. The molecule has 0 saturated heterocycles. The Morgan fingerprint density at radius 2 is 2.04 bits per heavy atom. The molecule has 0 amide bonds. The topological polar surface area (TPSA) is 76.8 Å². The predicted molar refractivity (Wildman–Crippen MR) is 98.1 cm³/mol. The van der Waals surface area contributed by atoms with Gasteiger partial charge in [0.05, 0.1) is 12.1 Å². The molecule has 0 atom stereocenters. The molecule has 3 aromatic rings. The number of aromatic amines is 1. The van der Waals surface area contributed by atoms with E-state index in [4.69, 9.17) is 10.5 Å². The number of anilines is 1. The summed E-state index contributed by atoms with van der Waals surface area (Å²) in [5, 5.41) is 0. The number of ether oxygens (including phenoxy) is 1. The molecular formula is C19H24N4O. The van der Waals surface area contributed by atoms with E-state index in [2.05, 4.69) is 53.9 Å². The van der Waals surface area contributed by atoms with Crippen molar-refractivity contribution in [3.8, 4) is 16.9 Å². The Balaban J connectivity index is 1.87. The smallest absolute Gasteiger partial charge is 0.200 e. The number of hydrogen-bond donors (Lipinski definition) is 2. The van der Waals surface area contributed by atoms with Crippen LogP contribution in [0.4, 0.5) is 5.95 Å². The second kappa shape index (κ2) is 6.91. The Morgan fingerprint density at radius 3 is 2.79 bits per heavy atom. The van der Waals surface area contributed by atoms with Gasteiger partial charge in [-0.3, -0.25) is 0 Å². The summed E-state index contributed by atoms with van der Waals surface area (Å²) in [4.78, 5) is 11.5. The molecule has 1 aromatic carbocycles. The molecule has 0 spiro atoms. The molecule has 2 heterocycles. The van der Waals surface area contributed by atoms with Gasteiger partial charge in [0.15, 0.2) is 11.6 Å². The summed E-state index contributed by atoms with van der Waals surface area (Å²) in [6, 6.07) is 8.33. The molecule has 0 fully saturated rings. The van der Waals surface area contributed by atoms with Gasteiger partial charge in [0.1, 0.15) is 5.75 Å². The number of rotatable bonds is 6. The molecule has 3 rings (SSSR count). The standard InChI is InChI=1S/C19H24N4O/c1-4-13-9-14(5-6-17(13)24-8-7-12(2)3)15-10-16-18(21-11-15)23-19(20)22-16/h5-6,9-12H,4,7-8H2,1-3H3,(H3,20,21,22,23). The lowest BCUT2D eigenvalue weighted by molar-refractivity contribution is 0.287. The third-order valence-electron chi connectivity index (χ3n) is 4.08. The van der Waals surface area contributed by atoms with E-state index in [1.54, 1.807) is 0 Å². The monoisotopic (exact) mass is 324 g/mol. The van der Waals surface area contributed by atoms with Gasteiger partial charge in [0.25, 0.3) is 0 Å². The number of fused-ring (bicyclic) bond motifs is 1. The number of nitrogens with one attached hydrogen (secondary N) is 1.